The summed E-state index contributed by atoms with van der Waals surface area (Å²) in [5.74, 6) is 0.696. The Kier molecular flexibility index (Phi) is 4.40. The van der Waals surface area contributed by atoms with E-state index in [1.54, 1.807) is 11.3 Å². The minimum atomic E-state index is 0.0740. The van der Waals surface area contributed by atoms with E-state index in [0.717, 1.165) is 15.8 Å². The molecule has 0 aromatic carbocycles. The molecule has 6 heteroatoms. The number of hydrogen-bond donors (Lipinski definition) is 1. The SMILES string of the molecule is Cc1sc2nc(CN(C)C(C)CO)nc(Cl)c2c1C. The average molecular weight is 300 g/mol. The van der Waals surface area contributed by atoms with E-state index in [4.69, 9.17) is 16.7 Å². The molecule has 1 unspecified atom stereocenters. The molecule has 0 aliphatic rings. The lowest BCUT2D eigenvalue weighted by molar-refractivity contribution is 0.151. The van der Waals surface area contributed by atoms with Crippen LogP contribution in [0.5, 0.6) is 0 Å². The maximum absolute atomic E-state index is 9.14. The van der Waals surface area contributed by atoms with Gasteiger partial charge in [0.1, 0.15) is 15.8 Å². The fourth-order valence-electron chi connectivity index (χ4n) is 1.83. The highest BCUT2D eigenvalue weighted by molar-refractivity contribution is 7.18. The van der Waals surface area contributed by atoms with Crippen molar-refractivity contribution in [2.45, 2.75) is 33.4 Å². The molecule has 4 nitrogen and oxygen atoms in total. The third-order valence-corrected chi connectivity index (χ3v) is 4.81. The molecule has 2 aromatic rings. The van der Waals surface area contributed by atoms with Gasteiger partial charge < -0.3 is 5.11 Å². The van der Waals surface area contributed by atoms with E-state index >= 15 is 0 Å². The van der Waals surface area contributed by atoms with Gasteiger partial charge in [-0.15, -0.1) is 11.3 Å². The molecule has 2 aromatic heterocycles. The van der Waals surface area contributed by atoms with Crippen LogP contribution in [0.25, 0.3) is 10.2 Å². The molecule has 0 bridgehead atoms. The number of hydrogen-bond acceptors (Lipinski definition) is 5. The van der Waals surface area contributed by atoms with E-state index in [-0.39, 0.29) is 12.6 Å². The molecule has 0 aliphatic heterocycles. The van der Waals surface area contributed by atoms with Gasteiger partial charge in [0.2, 0.25) is 0 Å². The Hall–Kier alpha value is -0.750. The highest BCUT2D eigenvalue weighted by Gasteiger charge is 2.15. The largest absolute Gasteiger partial charge is 0.395 e. The first kappa shape index (κ1) is 14.7. The summed E-state index contributed by atoms with van der Waals surface area (Å²) in [5, 5.41) is 10.6. The fraction of sp³-hybridized carbons (Fsp3) is 0.538. The molecular weight excluding hydrogens is 282 g/mol. The van der Waals surface area contributed by atoms with Crippen LogP contribution in [0.2, 0.25) is 5.15 Å². The molecule has 0 saturated heterocycles. The van der Waals surface area contributed by atoms with E-state index in [2.05, 4.69) is 16.9 Å². The predicted molar refractivity (Wildman–Crippen MR) is 79.9 cm³/mol. The van der Waals surface area contributed by atoms with Crippen molar-refractivity contribution in [2.75, 3.05) is 13.7 Å². The smallest absolute Gasteiger partial charge is 0.145 e. The van der Waals surface area contributed by atoms with Crippen LogP contribution in [0.15, 0.2) is 0 Å². The lowest BCUT2D eigenvalue weighted by atomic mass is 10.2. The predicted octanol–water partition coefficient (Wildman–Crippen LogP) is 2.77. The fourth-order valence-corrected chi connectivity index (χ4v) is 3.26. The topological polar surface area (TPSA) is 49.2 Å². The molecule has 0 radical (unpaired) electrons. The summed E-state index contributed by atoms with van der Waals surface area (Å²) in [6.07, 6.45) is 0. The second-order valence-corrected chi connectivity index (χ2v) is 6.40. The number of halogens is 1. The number of thiophene rings is 1. The van der Waals surface area contributed by atoms with Gasteiger partial charge in [-0.1, -0.05) is 11.6 Å². The summed E-state index contributed by atoms with van der Waals surface area (Å²) in [5.41, 5.74) is 1.16. The van der Waals surface area contributed by atoms with Gasteiger partial charge in [-0.2, -0.15) is 0 Å². The molecule has 1 atom stereocenters. The van der Waals surface area contributed by atoms with Crippen molar-refractivity contribution >= 4 is 33.2 Å². The third-order valence-electron chi connectivity index (χ3n) is 3.44. The number of aliphatic hydroxyl groups is 1. The first-order valence-electron chi connectivity index (χ1n) is 6.17. The van der Waals surface area contributed by atoms with Gasteiger partial charge in [0.25, 0.3) is 0 Å². The molecular formula is C13H18ClN3OS. The Morgan fingerprint density at radius 2 is 2.05 bits per heavy atom. The summed E-state index contributed by atoms with van der Waals surface area (Å²) in [6.45, 7) is 6.76. The molecule has 0 amide bonds. The maximum Gasteiger partial charge on any atom is 0.145 e. The minimum absolute atomic E-state index is 0.0740. The van der Waals surface area contributed by atoms with Crippen LogP contribution >= 0.6 is 22.9 Å². The number of aryl methyl sites for hydroxylation is 2. The molecule has 0 aliphatic carbocycles. The standard InChI is InChI=1S/C13H18ClN3OS/c1-7(6-18)17(4)5-10-15-12(14)11-8(2)9(3)19-13(11)16-10/h7,18H,5-6H2,1-4H3. The van der Waals surface area contributed by atoms with Crippen LogP contribution in [-0.2, 0) is 6.54 Å². The Morgan fingerprint density at radius 1 is 1.37 bits per heavy atom. The van der Waals surface area contributed by atoms with Crippen LogP contribution < -0.4 is 0 Å². The van der Waals surface area contributed by atoms with Gasteiger partial charge in [-0.3, -0.25) is 4.90 Å². The Balaban J connectivity index is 2.36. The second kappa shape index (κ2) is 5.71. The van der Waals surface area contributed by atoms with Gasteiger partial charge in [-0.25, -0.2) is 9.97 Å². The first-order chi connectivity index (χ1) is 8.93. The lowest BCUT2D eigenvalue weighted by Gasteiger charge is -2.21. The zero-order valence-corrected chi connectivity index (χ0v) is 13.1. The third kappa shape index (κ3) is 2.89. The number of likely N-dealkylation sites (N-methyl/N-ethyl adjacent to an activating group) is 1. The highest BCUT2D eigenvalue weighted by atomic mass is 35.5. The summed E-state index contributed by atoms with van der Waals surface area (Å²) < 4.78 is 0. The van der Waals surface area contributed by atoms with Crippen LogP contribution in [0, 0.1) is 13.8 Å². The van der Waals surface area contributed by atoms with Gasteiger partial charge >= 0.3 is 0 Å². The molecule has 19 heavy (non-hydrogen) atoms. The van der Waals surface area contributed by atoms with Gasteiger partial charge in [0, 0.05) is 10.9 Å². The molecule has 0 spiro atoms. The molecule has 1 N–H and O–H groups in total. The van der Waals surface area contributed by atoms with Crippen LogP contribution in [0.4, 0.5) is 0 Å². The van der Waals surface area contributed by atoms with Crippen molar-refractivity contribution in [3.63, 3.8) is 0 Å². The quantitative estimate of drug-likeness (QED) is 0.882. The molecule has 104 valence electrons. The average Bonchev–Trinajstić information content (AvgIpc) is 2.64. The molecule has 2 heterocycles. The van der Waals surface area contributed by atoms with Crippen LogP contribution in [0.3, 0.4) is 0 Å². The van der Waals surface area contributed by atoms with Gasteiger partial charge in [-0.05, 0) is 33.4 Å². The molecule has 2 rings (SSSR count). The van der Waals surface area contributed by atoms with Crippen molar-refractivity contribution < 1.29 is 5.11 Å². The number of aliphatic hydroxyl groups excluding tert-OH is 1. The van der Waals surface area contributed by atoms with Crippen LogP contribution in [0.1, 0.15) is 23.2 Å². The van der Waals surface area contributed by atoms with E-state index in [0.29, 0.717) is 17.5 Å². The Bertz CT molecular complexity index is 599. The lowest BCUT2D eigenvalue weighted by Crippen LogP contribution is -2.32. The maximum atomic E-state index is 9.14. The van der Waals surface area contributed by atoms with Crippen molar-refractivity contribution in [1.29, 1.82) is 0 Å². The number of aromatic nitrogens is 2. The highest BCUT2D eigenvalue weighted by Crippen LogP contribution is 2.32. The minimum Gasteiger partial charge on any atom is -0.395 e. The van der Waals surface area contributed by atoms with E-state index in [9.17, 15) is 0 Å². The van der Waals surface area contributed by atoms with E-state index in [1.807, 2.05) is 25.8 Å². The normalized spacial score (nSPS) is 13.4. The second-order valence-electron chi connectivity index (χ2n) is 4.84. The van der Waals surface area contributed by atoms with Crippen molar-refractivity contribution in [3.05, 3.63) is 21.4 Å². The summed E-state index contributed by atoms with van der Waals surface area (Å²) in [6, 6.07) is 0.0740. The van der Waals surface area contributed by atoms with Gasteiger partial charge in [0.05, 0.1) is 18.5 Å². The van der Waals surface area contributed by atoms with Gasteiger partial charge in [0.15, 0.2) is 0 Å². The zero-order valence-electron chi connectivity index (χ0n) is 11.6. The first-order valence-corrected chi connectivity index (χ1v) is 7.36. The van der Waals surface area contributed by atoms with Crippen molar-refractivity contribution in [3.8, 4) is 0 Å². The summed E-state index contributed by atoms with van der Waals surface area (Å²) >= 11 is 7.91. The van der Waals surface area contributed by atoms with E-state index < -0.39 is 0 Å². The Labute approximate surface area is 122 Å². The Morgan fingerprint density at radius 3 is 2.68 bits per heavy atom. The summed E-state index contributed by atoms with van der Waals surface area (Å²) in [4.78, 5) is 13.1. The van der Waals surface area contributed by atoms with E-state index in [1.165, 1.54) is 4.88 Å². The van der Waals surface area contributed by atoms with Crippen molar-refractivity contribution in [2.24, 2.45) is 0 Å². The van der Waals surface area contributed by atoms with Crippen LogP contribution in [-0.4, -0.2) is 39.7 Å². The number of fused-ring (bicyclic) bond motifs is 1. The van der Waals surface area contributed by atoms with Crippen molar-refractivity contribution in [1.82, 2.24) is 14.9 Å². The number of nitrogens with zero attached hydrogens (tertiary/aromatic N) is 3. The zero-order chi connectivity index (χ0) is 14.2. The molecule has 0 saturated carbocycles. The molecule has 0 fully saturated rings. The summed E-state index contributed by atoms with van der Waals surface area (Å²) in [7, 11) is 1.94. The number of rotatable bonds is 4. The monoisotopic (exact) mass is 299 g/mol.